The molecule has 1 aromatic rings. The lowest BCUT2D eigenvalue weighted by Gasteiger charge is -2.19. The van der Waals surface area contributed by atoms with E-state index in [2.05, 4.69) is 0 Å². The van der Waals surface area contributed by atoms with Gasteiger partial charge in [-0.15, -0.1) is 0 Å². The number of hydrogen-bond acceptors (Lipinski definition) is 6. The first-order chi connectivity index (χ1) is 11.3. The molecule has 1 rings (SSSR count). The summed E-state index contributed by atoms with van der Waals surface area (Å²) in [6.07, 6.45) is 1.84. The summed E-state index contributed by atoms with van der Waals surface area (Å²) in [5.74, 6) is 1.00. The first kappa shape index (κ1) is 20.8. The van der Waals surface area contributed by atoms with Crippen molar-refractivity contribution in [2.75, 3.05) is 13.2 Å². The Bertz CT molecular complexity index is 464. The van der Waals surface area contributed by atoms with Crippen LogP contribution in [0.5, 0.6) is 11.5 Å². The first-order valence-corrected chi connectivity index (χ1v) is 8.45. The van der Waals surface area contributed by atoms with Gasteiger partial charge in [0.2, 0.25) is 0 Å². The lowest BCUT2D eigenvalue weighted by molar-refractivity contribution is 0.251. The quantitative estimate of drug-likeness (QED) is 0.445. The second kappa shape index (κ2) is 9.93. The molecule has 0 aliphatic carbocycles. The molecule has 0 aliphatic rings. The van der Waals surface area contributed by atoms with Gasteiger partial charge in [0.15, 0.2) is 0 Å². The molecule has 6 nitrogen and oxygen atoms in total. The highest BCUT2D eigenvalue weighted by Crippen LogP contribution is 2.17. The summed E-state index contributed by atoms with van der Waals surface area (Å²) in [5.41, 5.74) is 0.281. The first-order valence-electron chi connectivity index (χ1n) is 8.45. The summed E-state index contributed by atoms with van der Waals surface area (Å²) in [4.78, 5) is 0. The minimum absolute atomic E-state index is 0.141. The molecule has 0 fully saturated rings. The van der Waals surface area contributed by atoms with Crippen molar-refractivity contribution >= 4 is 25.2 Å². The Morgan fingerprint density at radius 3 is 1.38 bits per heavy atom. The van der Waals surface area contributed by atoms with Crippen LogP contribution in [0.3, 0.4) is 0 Å². The molecule has 2 atom stereocenters. The third-order valence-corrected chi connectivity index (χ3v) is 4.14. The summed E-state index contributed by atoms with van der Waals surface area (Å²) in [7, 11) is -3.49. The van der Waals surface area contributed by atoms with Gasteiger partial charge in [-0.1, -0.05) is 40.5 Å². The minimum Gasteiger partial charge on any atom is -0.494 e. The lowest BCUT2D eigenvalue weighted by atomic mass is 9.73. The van der Waals surface area contributed by atoms with Gasteiger partial charge in [-0.2, -0.15) is 0 Å². The Kier molecular flexibility index (Phi) is 8.62. The van der Waals surface area contributed by atoms with Gasteiger partial charge in [0.05, 0.1) is 13.2 Å². The monoisotopic (exact) mass is 338 g/mol. The van der Waals surface area contributed by atoms with Crippen LogP contribution in [0.15, 0.2) is 12.1 Å². The third-order valence-electron chi connectivity index (χ3n) is 4.14. The second-order valence-electron chi connectivity index (χ2n) is 6.32. The third kappa shape index (κ3) is 6.02. The molecule has 24 heavy (non-hydrogen) atoms. The van der Waals surface area contributed by atoms with Crippen molar-refractivity contribution in [1.82, 2.24) is 0 Å². The fourth-order valence-corrected chi connectivity index (χ4v) is 1.94. The van der Waals surface area contributed by atoms with Gasteiger partial charge in [0.1, 0.15) is 11.5 Å². The molecule has 0 unspecified atom stereocenters. The molecule has 8 heteroatoms. The molecule has 0 aromatic heterocycles. The van der Waals surface area contributed by atoms with Crippen molar-refractivity contribution in [3.8, 4) is 11.5 Å². The van der Waals surface area contributed by atoms with E-state index >= 15 is 0 Å². The molecule has 0 amide bonds. The lowest BCUT2D eigenvalue weighted by Crippen LogP contribution is -2.38. The molecule has 0 radical (unpaired) electrons. The molecule has 0 aliphatic heterocycles. The van der Waals surface area contributed by atoms with Crippen LogP contribution in [0.4, 0.5) is 0 Å². The van der Waals surface area contributed by atoms with Gasteiger partial charge < -0.3 is 29.6 Å². The molecule has 0 saturated heterocycles. The molecule has 0 bridgehead atoms. The van der Waals surface area contributed by atoms with Crippen molar-refractivity contribution in [2.24, 2.45) is 11.8 Å². The average molecular weight is 338 g/mol. The van der Waals surface area contributed by atoms with E-state index in [4.69, 9.17) is 9.47 Å². The van der Waals surface area contributed by atoms with Crippen LogP contribution in [0.25, 0.3) is 0 Å². The summed E-state index contributed by atoms with van der Waals surface area (Å²) in [6, 6.07) is 2.79. The summed E-state index contributed by atoms with van der Waals surface area (Å²) >= 11 is 0. The van der Waals surface area contributed by atoms with E-state index in [0.717, 1.165) is 12.8 Å². The van der Waals surface area contributed by atoms with Gasteiger partial charge in [-0.25, -0.2) is 0 Å². The van der Waals surface area contributed by atoms with Crippen molar-refractivity contribution < 1.29 is 29.6 Å². The van der Waals surface area contributed by atoms with Gasteiger partial charge >= 0.3 is 14.2 Å². The fraction of sp³-hybridized carbons (Fsp3) is 0.625. The maximum absolute atomic E-state index is 9.60. The van der Waals surface area contributed by atoms with Crippen LogP contribution in [0.1, 0.15) is 40.5 Å². The molecule has 0 spiro atoms. The normalized spacial score (nSPS) is 13.3. The predicted octanol–water partition coefficient (Wildman–Crippen LogP) is -0.104. The average Bonchev–Trinajstić information content (AvgIpc) is 2.56. The predicted molar refractivity (Wildman–Crippen MR) is 96.0 cm³/mol. The summed E-state index contributed by atoms with van der Waals surface area (Å²) in [6.45, 7) is 8.88. The standard InChI is InChI=1S/C16H28B2O6/c1-5-11(3)9-23-15-7-14(18(21)22)16(8-13(15)17(19)20)24-10-12(4)6-2/h7-8,11-12,19-22H,5-6,9-10H2,1-4H3/t11-,12-/m0/s1. The zero-order chi connectivity index (χ0) is 18.3. The highest BCUT2D eigenvalue weighted by Gasteiger charge is 2.26. The summed E-state index contributed by atoms with van der Waals surface area (Å²) in [5, 5.41) is 38.4. The van der Waals surface area contributed by atoms with Crippen LogP contribution in [0.2, 0.25) is 0 Å². The van der Waals surface area contributed by atoms with Crippen LogP contribution >= 0.6 is 0 Å². The van der Waals surface area contributed by atoms with Crippen LogP contribution in [-0.4, -0.2) is 47.5 Å². The van der Waals surface area contributed by atoms with Gasteiger partial charge in [-0.05, 0) is 24.0 Å². The van der Waals surface area contributed by atoms with E-state index in [9.17, 15) is 20.1 Å². The zero-order valence-electron chi connectivity index (χ0n) is 14.9. The molecular formula is C16H28B2O6. The van der Waals surface area contributed by atoms with Gasteiger partial charge in [0, 0.05) is 10.9 Å². The van der Waals surface area contributed by atoms with Crippen LogP contribution in [0, 0.1) is 11.8 Å². The van der Waals surface area contributed by atoms with E-state index in [-0.39, 0.29) is 34.3 Å². The Hall–Kier alpha value is -1.21. The van der Waals surface area contributed by atoms with E-state index < -0.39 is 14.2 Å². The highest BCUT2D eigenvalue weighted by molar-refractivity contribution is 6.62. The van der Waals surface area contributed by atoms with E-state index in [1.807, 2.05) is 27.7 Å². The van der Waals surface area contributed by atoms with Crippen molar-refractivity contribution in [1.29, 1.82) is 0 Å². The smallest absolute Gasteiger partial charge is 0.492 e. The fourth-order valence-electron chi connectivity index (χ4n) is 1.94. The number of benzene rings is 1. The summed E-state index contributed by atoms with van der Waals surface area (Å²) < 4.78 is 11.3. The van der Waals surface area contributed by atoms with Crippen LogP contribution in [-0.2, 0) is 0 Å². The van der Waals surface area contributed by atoms with E-state index in [1.165, 1.54) is 12.1 Å². The van der Waals surface area contributed by atoms with Crippen molar-refractivity contribution in [3.05, 3.63) is 12.1 Å². The molecular weight excluding hydrogens is 310 g/mol. The Labute approximate surface area is 144 Å². The maximum Gasteiger partial charge on any atom is 0.492 e. The highest BCUT2D eigenvalue weighted by atomic mass is 16.5. The second-order valence-corrected chi connectivity index (χ2v) is 6.32. The van der Waals surface area contributed by atoms with E-state index in [1.54, 1.807) is 0 Å². The molecule has 0 saturated carbocycles. The van der Waals surface area contributed by atoms with Gasteiger partial charge in [0.25, 0.3) is 0 Å². The SMILES string of the molecule is CC[C@H](C)COc1cc(B(O)O)c(OC[C@@H](C)CC)cc1B(O)O. The molecule has 134 valence electrons. The molecule has 1 aromatic carbocycles. The Morgan fingerprint density at radius 1 is 0.792 bits per heavy atom. The number of hydrogen-bond donors (Lipinski definition) is 4. The largest absolute Gasteiger partial charge is 0.494 e. The topological polar surface area (TPSA) is 99.4 Å². The number of rotatable bonds is 10. The van der Waals surface area contributed by atoms with Crippen molar-refractivity contribution in [2.45, 2.75) is 40.5 Å². The van der Waals surface area contributed by atoms with Crippen molar-refractivity contribution in [3.63, 3.8) is 0 Å². The van der Waals surface area contributed by atoms with E-state index in [0.29, 0.717) is 13.2 Å². The minimum atomic E-state index is -1.74. The molecule has 4 N–H and O–H groups in total. The maximum atomic E-state index is 9.60. The van der Waals surface area contributed by atoms with Gasteiger partial charge in [-0.3, -0.25) is 0 Å². The zero-order valence-corrected chi connectivity index (χ0v) is 14.9. The number of ether oxygens (including phenoxy) is 2. The van der Waals surface area contributed by atoms with Crippen LogP contribution < -0.4 is 20.4 Å². The molecule has 0 heterocycles. The Balaban J connectivity index is 3.13. The Morgan fingerprint density at radius 2 is 1.12 bits per heavy atom.